The molecule has 6 aliphatic rings. The molecule has 50 heavy (non-hydrogen) atoms. The molecule has 284 valence electrons. The number of fused-ring (bicyclic) bond motifs is 5. The highest BCUT2D eigenvalue weighted by Crippen LogP contribution is 2.70. The Hall–Kier alpha value is -1.56. The number of methoxy groups -OCH3 is 1. The number of esters is 1. The smallest absolute Gasteiger partial charge is 0.303 e. The SMILES string of the molecule is COC1C(O)C(C)OC(OC2C(O)CC(OC3CCC4(C)C(=CCC5(O)C4C(O)C(OC(C)=O)C4(C)C(C(C)=O)CCC54O)C3)OC2C)C1O. The van der Waals surface area contributed by atoms with Crippen molar-refractivity contribution in [1.29, 1.82) is 0 Å². The highest BCUT2D eigenvalue weighted by atomic mass is 16.7. The Morgan fingerprint density at radius 3 is 2.22 bits per heavy atom. The summed E-state index contributed by atoms with van der Waals surface area (Å²) in [6.45, 7) is 9.65. The molecular weight excluding hydrogens is 656 g/mol. The Labute approximate surface area is 293 Å². The summed E-state index contributed by atoms with van der Waals surface area (Å²) in [5.74, 6) is -2.44. The number of aliphatic hydroxyl groups excluding tert-OH is 4. The molecule has 6 N–H and O–H groups in total. The van der Waals surface area contributed by atoms with Crippen molar-refractivity contribution >= 4 is 11.8 Å². The molecule has 18 atom stereocenters. The van der Waals surface area contributed by atoms with Gasteiger partial charge in [0.1, 0.15) is 47.5 Å². The van der Waals surface area contributed by atoms with E-state index in [1.165, 1.54) is 21.0 Å². The van der Waals surface area contributed by atoms with Gasteiger partial charge in [-0.2, -0.15) is 0 Å². The lowest BCUT2D eigenvalue weighted by atomic mass is 9.42. The molecule has 0 bridgehead atoms. The lowest BCUT2D eigenvalue weighted by molar-refractivity contribution is -0.342. The fourth-order valence-electron chi connectivity index (χ4n) is 10.9. The number of ether oxygens (including phenoxy) is 6. The standard InChI is InChI=1S/C36H56O14/c1-16(37)22-10-13-36(44)34(22,6)31(48-19(4)38)27(42)30-33(5)11-9-21(14-20(33)8-12-35(30,36)43)49-24-15-23(39)28(18(3)46-24)50-32-26(41)29(45-7)25(40)17(2)47-32/h8,17-18,21-32,39-44H,9-15H2,1-7H3. The lowest BCUT2D eigenvalue weighted by Crippen LogP contribution is -2.80. The molecule has 14 nitrogen and oxygen atoms in total. The number of carbonyl (C=O) groups is 2. The van der Waals surface area contributed by atoms with Gasteiger partial charge in [-0.3, -0.25) is 9.59 Å². The van der Waals surface area contributed by atoms with E-state index in [1.807, 2.05) is 13.0 Å². The number of aliphatic hydroxyl groups is 6. The largest absolute Gasteiger partial charge is 0.459 e. The predicted octanol–water partition coefficient (Wildman–Crippen LogP) is 0.644. The van der Waals surface area contributed by atoms with E-state index < -0.39 is 107 Å². The molecule has 0 aromatic carbocycles. The number of carbonyl (C=O) groups excluding carboxylic acids is 2. The Morgan fingerprint density at radius 1 is 0.900 bits per heavy atom. The molecule has 0 aromatic rings. The van der Waals surface area contributed by atoms with Crippen molar-refractivity contribution < 1.29 is 68.6 Å². The van der Waals surface area contributed by atoms with Crippen LogP contribution in [0.3, 0.4) is 0 Å². The fraction of sp³-hybridized carbons (Fsp3) is 0.889. The van der Waals surface area contributed by atoms with Crippen LogP contribution >= 0.6 is 0 Å². The van der Waals surface area contributed by atoms with Crippen LogP contribution in [0, 0.1) is 22.7 Å². The zero-order chi connectivity index (χ0) is 36.7. The third kappa shape index (κ3) is 5.64. The highest BCUT2D eigenvalue weighted by molar-refractivity contribution is 5.80. The first-order chi connectivity index (χ1) is 23.3. The van der Waals surface area contributed by atoms with Gasteiger partial charge in [-0.05, 0) is 64.7 Å². The van der Waals surface area contributed by atoms with E-state index in [-0.39, 0.29) is 31.1 Å². The van der Waals surface area contributed by atoms with Crippen molar-refractivity contribution in [3.05, 3.63) is 11.6 Å². The maximum Gasteiger partial charge on any atom is 0.303 e. The molecule has 4 aliphatic carbocycles. The lowest BCUT2D eigenvalue weighted by Gasteiger charge is -2.67. The number of Topliss-reactive ketones (excluding diaryl/α,β-unsaturated/α-hetero) is 1. The average molecular weight is 713 g/mol. The molecule has 6 rings (SSSR count). The summed E-state index contributed by atoms with van der Waals surface area (Å²) in [4.78, 5) is 25.2. The van der Waals surface area contributed by atoms with Crippen LogP contribution < -0.4 is 0 Å². The van der Waals surface area contributed by atoms with Crippen molar-refractivity contribution in [2.75, 3.05) is 7.11 Å². The molecule has 3 saturated carbocycles. The van der Waals surface area contributed by atoms with E-state index in [1.54, 1.807) is 20.8 Å². The second kappa shape index (κ2) is 13.4. The van der Waals surface area contributed by atoms with Gasteiger partial charge in [0.2, 0.25) is 0 Å². The zero-order valence-electron chi connectivity index (χ0n) is 30.1. The number of hydrogen-bond donors (Lipinski definition) is 6. The van der Waals surface area contributed by atoms with Gasteiger partial charge < -0.3 is 59.1 Å². The summed E-state index contributed by atoms with van der Waals surface area (Å²) in [5, 5.41) is 69.3. The molecule has 0 amide bonds. The first-order valence-electron chi connectivity index (χ1n) is 18.0. The minimum absolute atomic E-state index is 0.0409. The summed E-state index contributed by atoms with van der Waals surface area (Å²) in [7, 11) is 1.38. The monoisotopic (exact) mass is 712 g/mol. The molecule has 2 aliphatic heterocycles. The van der Waals surface area contributed by atoms with Gasteiger partial charge in [0.05, 0.1) is 30.5 Å². The summed E-state index contributed by atoms with van der Waals surface area (Å²) in [5.41, 5.74) is -4.85. The van der Waals surface area contributed by atoms with E-state index in [9.17, 15) is 40.2 Å². The molecule has 2 saturated heterocycles. The second-order valence-corrected chi connectivity index (χ2v) is 16.2. The van der Waals surface area contributed by atoms with Crippen LogP contribution in [0.25, 0.3) is 0 Å². The third-order valence-corrected chi connectivity index (χ3v) is 13.5. The van der Waals surface area contributed by atoms with Gasteiger partial charge in [-0.25, -0.2) is 0 Å². The van der Waals surface area contributed by atoms with E-state index in [2.05, 4.69) is 0 Å². The minimum atomic E-state index is -1.80. The van der Waals surface area contributed by atoms with E-state index in [4.69, 9.17) is 28.4 Å². The van der Waals surface area contributed by atoms with E-state index in [0.717, 1.165) is 5.57 Å². The van der Waals surface area contributed by atoms with Gasteiger partial charge in [0.25, 0.3) is 0 Å². The first-order valence-corrected chi connectivity index (χ1v) is 18.0. The van der Waals surface area contributed by atoms with E-state index >= 15 is 0 Å². The quantitative estimate of drug-likeness (QED) is 0.158. The summed E-state index contributed by atoms with van der Waals surface area (Å²) < 4.78 is 35.2. The van der Waals surface area contributed by atoms with Gasteiger partial charge in [0, 0.05) is 37.7 Å². The summed E-state index contributed by atoms with van der Waals surface area (Å²) >= 11 is 0. The Bertz CT molecular complexity index is 1330. The molecule has 0 aromatic heterocycles. The molecular formula is C36H56O14. The van der Waals surface area contributed by atoms with Crippen LogP contribution in [-0.4, -0.2) is 134 Å². The highest BCUT2D eigenvalue weighted by Gasteiger charge is 2.79. The van der Waals surface area contributed by atoms with Crippen molar-refractivity contribution in [2.45, 2.75) is 171 Å². The zero-order valence-corrected chi connectivity index (χ0v) is 30.1. The average Bonchev–Trinajstić information content (AvgIpc) is 3.32. The van der Waals surface area contributed by atoms with Gasteiger partial charge in [0.15, 0.2) is 12.6 Å². The van der Waals surface area contributed by atoms with Gasteiger partial charge >= 0.3 is 5.97 Å². The van der Waals surface area contributed by atoms with Crippen LogP contribution in [-0.2, 0) is 38.0 Å². The Morgan fingerprint density at radius 2 is 1.60 bits per heavy atom. The molecule has 5 fully saturated rings. The number of rotatable bonds is 7. The molecule has 18 unspecified atom stereocenters. The molecule has 0 spiro atoms. The first kappa shape index (κ1) is 38.2. The normalized spacial score (nSPS) is 53.4. The second-order valence-electron chi connectivity index (χ2n) is 16.2. The summed E-state index contributed by atoms with van der Waals surface area (Å²) in [6, 6.07) is 0. The molecule has 0 radical (unpaired) electrons. The van der Waals surface area contributed by atoms with E-state index in [0.29, 0.717) is 25.7 Å². The predicted molar refractivity (Wildman–Crippen MR) is 173 cm³/mol. The Balaban J connectivity index is 1.17. The Kier molecular flexibility index (Phi) is 10.2. The number of hydrogen-bond acceptors (Lipinski definition) is 14. The minimum Gasteiger partial charge on any atom is -0.459 e. The van der Waals surface area contributed by atoms with Crippen molar-refractivity contribution in [2.24, 2.45) is 22.7 Å². The maximum absolute atomic E-state index is 12.8. The summed E-state index contributed by atoms with van der Waals surface area (Å²) in [6.07, 6.45) is -7.33. The topological polar surface area (TPSA) is 211 Å². The third-order valence-electron chi connectivity index (χ3n) is 13.5. The van der Waals surface area contributed by atoms with Crippen molar-refractivity contribution in [3.8, 4) is 0 Å². The van der Waals surface area contributed by atoms with Crippen LogP contribution in [0.4, 0.5) is 0 Å². The van der Waals surface area contributed by atoms with Crippen molar-refractivity contribution in [3.63, 3.8) is 0 Å². The van der Waals surface area contributed by atoms with Gasteiger partial charge in [-0.15, -0.1) is 0 Å². The van der Waals surface area contributed by atoms with Crippen LogP contribution in [0.1, 0.15) is 86.5 Å². The van der Waals surface area contributed by atoms with Crippen LogP contribution in [0.5, 0.6) is 0 Å². The number of ketones is 1. The molecule has 2 heterocycles. The van der Waals surface area contributed by atoms with Gasteiger partial charge in [-0.1, -0.05) is 25.5 Å². The van der Waals surface area contributed by atoms with Crippen LogP contribution in [0.2, 0.25) is 0 Å². The fourth-order valence-corrected chi connectivity index (χ4v) is 10.9. The maximum atomic E-state index is 12.8. The van der Waals surface area contributed by atoms with Crippen molar-refractivity contribution in [1.82, 2.24) is 0 Å². The van der Waals surface area contributed by atoms with Crippen LogP contribution in [0.15, 0.2) is 11.6 Å². The molecule has 14 heteroatoms.